The van der Waals surface area contributed by atoms with E-state index in [9.17, 15) is 4.79 Å². The summed E-state index contributed by atoms with van der Waals surface area (Å²) in [5.41, 5.74) is 0.120. The van der Waals surface area contributed by atoms with Crippen molar-refractivity contribution >= 4 is 6.29 Å². The van der Waals surface area contributed by atoms with Crippen molar-refractivity contribution in [3.05, 3.63) is 24.0 Å². The van der Waals surface area contributed by atoms with Gasteiger partial charge in [-0.15, -0.1) is 0 Å². The van der Waals surface area contributed by atoms with E-state index in [1.54, 1.807) is 6.29 Å². The molecule has 0 unspecified atom stereocenters. The first-order valence-electron chi connectivity index (χ1n) is 2.36. The second-order valence-electron chi connectivity index (χ2n) is 1.50. The van der Waals surface area contributed by atoms with Gasteiger partial charge in [0.1, 0.15) is 11.4 Å². The molecule has 0 saturated carbocycles. The quantitative estimate of drug-likeness (QED) is 0.580. The summed E-state index contributed by atoms with van der Waals surface area (Å²) in [6.07, 6.45) is 2.89. The summed E-state index contributed by atoms with van der Waals surface area (Å²) < 4.78 is 0. The third kappa shape index (κ3) is 1.25. The first-order valence-corrected chi connectivity index (χ1v) is 2.36. The number of rotatable bonds is 1. The summed E-state index contributed by atoms with van der Waals surface area (Å²) in [5.74, 6) is 0.0309. The SMILES string of the molecule is O=[C]c1cc(O)ccn1. The predicted octanol–water partition coefficient (Wildman–Crippen LogP) is 0.245. The molecule has 1 rings (SSSR count). The molecule has 0 aromatic carbocycles. The summed E-state index contributed by atoms with van der Waals surface area (Å²) in [6, 6.07) is 2.63. The highest BCUT2D eigenvalue weighted by molar-refractivity contribution is 5.72. The highest BCUT2D eigenvalue weighted by Crippen LogP contribution is 2.05. The molecule has 0 bridgehead atoms. The number of aromatic hydroxyl groups is 1. The normalized spacial score (nSPS) is 8.89. The highest BCUT2D eigenvalue weighted by Gasteiger charge is 1.91. The van der Waals surface area contributed by atoms with E-state index >= 15 is 0 Å². The van der Waals surface area contributed by atoms with Crippen LogP contribution in [0.5, 0.6) is 5.75 Å². The third-order valence-electron chi connectivity index (χ3n) is 0.848. The fraction of sp³-hybridized carbons (Fsp3) is 0. The summed E-state index contributed by atoms with van der Waals surface area (Å²) in [6.45, 7) is 0. The van der Waals surface area contributed by atoms with Crippen LogP contribution in [0.3, 0.4) is 0 Å². The minimum Gasteiger partial charge on any atom is -0.508 e. The van der Waals surface area contributed by atoms with Gasteiger partial charge in [-0.3, -0.25) is 9.78 Å². The molecule has 1 heterocycles. The lowest BCUT2D eigenvalue weighted by Gasteiger charge is -1.87. The molecular formula is C6H4NO2. The second kappa shape index (κ2) is 2.26. The van der Waals surface area contributed by atoms with E-state index in [-0.39, 0.29) is 11.4 Å². The van der Waals surface area contributed by atoms with Gasteiger partial charge < -0.3 is 5.11 Å². The zero-order chi connectivity index (χ0) is 6.69. The van der Waals surface area contributed by atoms with Crippen molar-refractivity contribution in [2.75, 3.05) is 0 Å². The van der Waals surface area contributed by atoms with Crippen molar-refractivity contribution in [1.29, 1.82) is 0 Å². The van der Waals surface area contributed by atoms with E-state index in [2.05, 4.69) is 4.98 Å². The van der Waals surface area contributed by atoms with Crippen LogP contribution in [-0.2, 0) is 4.79 Å². The molecule has 0 atom stereocenters. The van der Waals surface area contributed by atoms with Crippen LogP contribution < -0.4 is 0 Å². The molecule has 0 aliphatic carbocycles. The van der Waals surface area contributed by atoms with Crippen LogP contribution in [0.4, 0.5) is 0 Å². The lowest BCUT2D eigenvalue weighted by Crippen LogP contribution is -1.82. The van der Waals surface area contributed by atoms with Crippen molar-refractivity contribution < 1.29 is 9.90 Å². The number of nitrogens with zero attached hydrogens (tertiary/aromatic N) is 1. The molecule has 1 aromatic rings. The van der Waals surface area contributed by atoms with Gasteiger partial charge in [0, 0.05) is 12.3 Å². The molecule has 3 heteroatoms. The van der Waals surface area contributed by atoms with Crippen molar-refractivity contribution in [2.45, 2.75) is 0 Å². The Kier molecular flexibility index (Phi) is 1.44. The highest BCUT2D eigenvalue weighted by atomic mass is 16.3. The molecule has 1 radical (unpaired) electrons. The van der Waals surface area contributed by atoms with Crippen molar-refractivity contribution in [3.8, 4) is 5.75 Å². The van der Waals surface area contributed by atoms with Crippen LogP contribution in [0, 0.1) is 0 Å². The largest absolute Gasteiger partial charge is 0.508 e. The minimum atomic E-state index is 0.0309. The lowest BCUT2D eigenvalue weighted by atomic mass is 10.4. The van der Waals surface area contributed by atoms with Gasteiger partial charge in [0.25, 0.3) is 6.29 Å². The molecule has 0 amide bonds. The topological polar surface area (TPSA) is 50.2 Å². The van der Waals surface area contributed by atoms with E-state index in [0.717, 1.165) is 0 Å². The van der Waals surface area contributed by atoms with Gasteiger partial charge in [-0.05, 0) is 6.07 Å². The van der Waals surface area contributed by atoms with Crippen LogP contribution in [-0.4, -0.2) is 16.4 Å². The standard InChI is InChI=1S/C6H4NO2/c8-4-5-3-6(9)1-2-7-5/h1-3H,(H,7,9). The van der Waals surface area contributed by atoms with Crippen LogP contribution in [0.1, 0.15) is 5.69 Å². The number of aromatic nitrogens is 1. The summed E-state index contributed by atoms with van der Waals surface area (Å²) in [7, 11) is 0. The minimum absolute atomic E-state index is 0.0309. The molecule has 45 valence electrons. The molecule has 1 N–H and O–H groups in total. The molecule has 9 heavy (non-hydrogen) atoms. The smallest absolute Gasteiger partial charge is 0.253 e. The van der Waals surface area contributed by atoms with Crippen LogP contribution in [0.15, 0.2) is 18.3 Å². The zero-order valence-electron chi connectivity index (χ0n) is 4.53. The maximum Gasteiger partial charge on any atom is 0.253 e. The predicted molar refractivity (Wildman–Crippen MR) is 30.7 cm³/mol. The first kappa shape index (κ1) is 5.75. The Morgan fingerprint density at radius 1 is 1.67 bits per heavy atom. The van der Waals surface area contributed by atoms with Crippen LogP contribution in [0.2, 0.25) is 0 Å². The van der Waals surface area contributed by atoms with Gasteiger partial charge in [-0.25, -0.2) is 0 Å². The summed E-state index contributed by atoms with van der Waals surface area (Å²) >= 11 is 0. The van der Waals surface area contributed by atoms with Gasteiger partial charge in [0.05, 0.1) is 0 Å². The average Bonchev–Trinajstić information content (AvgIpc) is 1.88. The van der Waals surface area contributed by atoms with Crippen molar-refractivity contribution in [3.63, 3.8) is 0 Å². The fourth-order valence-corrected chi connectivity index (χ4v) is 0.475. The van der Waals surface area contributed by atoms with E-state index in [1.165, 1.54) is 18.3 Å². The average molecular weight is 122 g/mol. The Hall–Kier alpha value is -1.38. The molecule has 3 nitrogen and oxygen atoms in total. The number of pyridine rings is 1. The lowest BCUT2D eigenvalue weighted by molar-refractivity contribution is 0.474. The van der Waals surface area contributed by atoms with Crippen molar-refractivity contribution in [2.24, 2.45) is 0 Å². The Morgan fingerprint density at radius 3 is 2.89 bits per heavy atom. The van der Waals surface area contributed by atoms with Gasteiger partial charge in [-0.1, -0.05) is 0 Å². The monoisotopic (exact) mass is 122 g/mol. The molecule has 0 spiro atoms. The Balaban J connectivity index is 3.07. The molecule has 0 aliphatic heterocycles. The molecular weight excluding hydrogens is 118 g/mol. The van der Waals surface area contributed by atoms with E-state index in [4.69, 9.17) is 5.11 Å². The molecule has 1 aromatic heterocycles. The van der Waals surface area contributed by atoms with Gasteiger partial charge >= 0.3 is 0 Å². The maximum absolute atomic E-state index is 9.86. The molecule has 0 fully saturated rings. The van der Waals surface area contributed by atoms with E-state index < -0.39 is 0 Å². The fourth-order valence-electron chi connectivity index (χ4n) is 0.475. The van der Waals surface area contributed by atoms with Crippen LogP contribution in [0.25, 0.3) is 0 Å². The summed E-state index contributed by atoms with van der Waals surface area (Å²) in [5, 5.41) is 8.73. The zero-order valence-corrected chi connectivity index (χ0v) is 4.53. The van der Waals surface area contributed by atoms with Gasteiger partial charge in [0.15, 0.2) is 0 Å². The Labute approximate surface area is 52.0 Å². The first-order chi connectivity index (χ1) is 4.33. The van der Waals surface area contributed by atoms with E-state index in [1.807, 2.05) is 0 Å². The van der Waals surface area contributed by atoms with Gasteiger partial charge in [-0.2, -0.15) is 0 Å². The maximum atomic E-state index is 9.86. The summed E-state index contributed by atoms with van der Waals surface area (Å²) in [4.78, 5) is 13.4. The number of carbonyl (C=O) groups excluding carboxylic acids is 1. The molecule has 0 saturated heterocycles. The van der Waals surface area contributed by atoms with Gasteiger partial charge in [0.2, 0.25) is 0 Å². The van der Waals surface area contributed by atoms with E-state index in [0.29, 0.717) is 0 Å². The third-order valence-corrected chi connectivity index (χ3v) is 0.848. The second-order valence-corrected chi connectivity index (χ2v) is 1.50. The molecule has 0 aliphatic rings. The Morgan fingerprint density at radius 2 is 2.44 bits per heavy atom. The van der Waals surface area contributed by atoms with Crippen molar-refractivity contribution in [1.82, 2.24) is 4.98 Å². The number of hydrogen-bond acceptors (Lipinski definition) is 3. The number of hydrogen-bond donors (Lipinski definition) is 1. The van der Waals surface area contributed by atoms with Crippen LogP contribution >= 0.6 is 0 Å². The Bertz CT molecular complexity index is 222.